The van der Waals surface area contributed by atoms with Crippen LogP contribution in [0.25, 0.3) is 22.6 Å². The van der Waals surface area contributed by atoms with Crippen LogP contribution in [0, 0.1) is 11.7 Å². The van der Waals surface area contributed by atoms with Crippen molar-refractivity contribution in [3.63, 3.8) is 0 Å². The van der Waals surface area contributed by atoms with Crippen molar-refractivity contribution >= 4 is 17.1 Å². The molecule has 31 heavy (non-hydrogen) atoms. The number of amides is 1. The highest BCUT2D eigenvalue weighted by atomic mass is 19.1. The van der Waals surface area contributed by atoms with Crippen molar-refractivity contribution in [1.29, 1.82) is 0 Å². The molecule has 1 saturated heterocycles. The Hall–Kier alpha value is -3.23. The van der Waals surface area contributed by atoms with Gasteiger partial charge in [-0.25, -0.2) is 14.4 Å². The summed E-state index contributed by atoms with van der Waals surface area (Å²) in [5.41, 5.74) is 1.77. The van der Waals surface area contributed by atoms with Gasteiger partial charge in [-0.05, 0) is 38.0 Å². The number of hydrogen-bond acceptors (Lipinski definition) is 6. The number of likely N-dealkylation sites (tertiary alicyclic amines) is 1. The number of imidazole rings is 1. The van der Waals surface area contributed by atoms with Gasteiger partial charge in [0.05, 0.1) is 13.7 Å². The Morgan fingerprint density at radius 2 is 2.10 bits per heavy atom. The predicted molar refractivity (Wildman–Crippen MR) is 111 cm³/mol. The number of rotatable bonds is 6. The van der Waals surface area contributed by atoms with E-state index in [1.54, 1.807) is 12.1 Å². The predicted octanol–water partition coefficient (Wildman–Crippen LogP) is 3.05. The van der Waals surface area contributed by atoms with Crippen molar-refractivity contribution in [3.8, 4) is 23.0 Å². The van der Waals surface area contributed by atoms with E-state index in [-0.39, 0.29) is 23.7 Å². The highest BCUT2D eigenvalue weighted by Gasteiger charge is 2.37. The lowest BCUT2D eigenvalue weighted by Crippen LogP contribution is -2.32. The van der Waals surface area contributed by atoms with Crippen LogP contribution >= 0.6 is 0 Å². The molecule has 5 rings (SSSR count). The molecule has 0 spiro atoms. The Bertz CT molecular complexity index is 1140. The molecule has 1 aliphatic heterocycles. The van der Waals surface area contributed by atoms with Crippen LogP contribution in [0.4, 0.5) is 4.39 Å². The van der Waals surface area contributed by atoms with E-state index in [1.807, 2.05) is 16.4 Å². The minimum Gasteiger partial charge on any atom is -0.494 e. The molecule has 2 aliphatic rings. The van der Waals surface area contributed by atoms with Gasteiger partial charge in [0, 0.05) is 31.0 Å². The Balaban J connectivity index is 1.45. The zero-order valence-corrected chi connectivity index (χ0v) is 17.5. The second kappa shape index (κ2) is 7.79. The van der Waals surface area contributed by atoms with Crippen LogP contribution in [-0.4, -0.2) is 56.6 Å². The number of hydrogen-bond donors (Lipinski definition) is 0. The fourth-order valence-electron chi connectivity index (χ4n) is 4.10. The average Bonchev–Trinajstić information content (AvgIpc) is 3.40. The van der Waals surface area contributed by atoms with E-state index in [4.69, 9.17) is 14.5 Å². The average molecular weight is 425 g/mol. The summed E-state index contributed by atoms with van der Waals surface area (Å²) in [5.74, 6) is 1.14. The maximum Gasteiger partial charge on any atom is 0.245 e. The van der Waals surface area contributed by atoms with Gasteiger partial charge in [-0.15, -0.1) is 0 Å². The summed E-state index contributed by atoms with van der Waals surface area (Å²) in [4.78, 5) is 27.6. The standard InChI is InChI=1S/C22H24FN5O3/c1-3-28-19(14-6-7-17(30-2)16(23)10-14)26-18-20(28)24-12-25-21(18)31-15-8-9-27(11-15)22(29)13-4-5-13/h6-7,10,12-13,15H,3-5,8-9,11H2,1-2H3. The molecule has 2 fully saturated rings. The number of carbonyl (C=O) groups excluding carboxylic acids is 1. The number of carbonyl (C=O) groups is 1. The first kappa shape index (κ1) is 19.7. The zero-order chi connectivity index (χ0) is 21.5. The van der Waals surface area contributed by atoms with Gasteiger partial charge in [-0.3, -0.25) is 4.79 Å². The fourth-order valence-corrected chi connectivity index (χ4v) is 4.10. The largest absolute Gasteiger partial charge is 0.494 e. The number of aromatic nitrogens is 4. The van der Waals surface area contributed by atoms with Crippen LogP contribution in [0.3, 0.4) is 0 Å². The third-order valence-corrected chi connectivity index (χ3v) is 5.89. The fraction of sp³-hybridized carbons (Fsp3) is 0.455. The van der Waals surface area contributed by atoms with Crippen molar-refractivity contribution in [2.75, 3.05) is 20.2 Å². The summed E-state index contributed by atoms with van der Waals surface area (Å²) in [6.45, 7) is 3.84. The van der Waals surface area contributed by atoms with Crippen LogP contribution in [0.5, 0.6) is 11.6 Å². The molecular weight excluding hydrogens is 401 g/mol. The lowest BCUT2D eigenvalue weighted by Gasteiger charge is -2.16. The van der Waals surface area contributed by atoms with Crippen LogP contribution in [0.2, 0.25) is 0 Å². The Labute approximate surface area is 179 Å². The van der Waals surface area contributed by atoms with Crippen molar-refractivity contribution in [2.24, 2.45) is 5.92 Å². The normalized spacial score (nSPS) is 18.5. The summed E-state index contributed by atoms with van der Waals surface area (Å²) in [5, 5.41) is 0. The summed E-state index contributed by atoms with van der Waals surface area (Å²) in [6.07, 6.45) is 4.07. The molecule has 1 saturated carbocycles. The first-order valence-corrected chi connectivity index (χ1v) is 10.6. The van der Waals surface area contributed by atoms with Crippen molar-refractivity contribution in [2.45, 2.75) is 38.8 Å². The van der Waals surface area contributed by atoms with Gasteiger partial charge in [0.15, 0.2) is 22.7 Å². The van der Waals surface area contributed by atoms with Crippen LogP contribution < -0.4 is 9.47 Å². The molecule has 1 unspecified atom stereocenters. The maximum atomic E-state index is 14.3. The number of halogens is 1. The van der Waals surface area contributed by atoms with E-state index >= 15 is 0 Å². The zero-order valence-electron chi connectivity index (χ0n) is 17.5. The first-order chi connectivity index (χ1) is 15.1. The lowest BCUT2D eigenvalue weighted by molar-refractivity contribution is -0.131. The third kappa shape index (κ3) is 3.58. The number of fused-ring (bicyclic) bond motifs is 1. The van der Waals surface area contributed by atoms with Gasteiger partial charge >= 0.3 is 0 Å². The SMILES string of the molecule is CCn1c(-c2ccc(OC)c(F)c2)nc2c(OC3CCN(C(=O)C4CC4)C3)ncnc21. The van der Waals surface area contributed by atoms with Crippen molar-refractivity contribution in [1.82, 2.24) is 24.4 Å². The monoisotopic (exact) mass is 425 g/mol. The van der Waals surface area contributed by atoms with Gasteiger partial charge in [-0.2, -0.15) is 4.98 Å². The van der Waals surface area contributed by atoms with E-state index in [9.17, 15) is 9.18 Å². The molecular formula is C22H24FN5O3. The molecule has 1 aromatic carbocycles. The lowest BCUT2D eigenvalue weighted by atomic mass is 10.2. The van der Waals surface area contributed by atoms with Gasteiger partial charge < -0.3 is 18.9 Å². The number of nitrogens with zero attached hydrogens (tertiary/aromatic N) is 5. The van der Waals surface area contributed by atoms with Gasteiger partial charge in [0.1, 0.15) is 18.3 Å². The quantitative estimate of drug-likeness (QED) is 0.604. The summed E-state index contributed by atoms with van der Waals surface area (Å²) < 4.78 is 27.4. The molecule has 0 bridgehead atoms. The van der Waals surface area contributed by atoms with Crippen LogP contribution in [-0.2, 0) is 11.3 Å². The van der Waals surface area contributed by atoms with Gasteiger partial charge in [-0.1, -0.05) is 0 Å². The van der Waals surface area contributed by atoms with Crippen molar-refractivity contribution in [3.05, 3.63) is 30.3 Å². The molecule has 1 atom stereocenters. The van der Waals surface area contributed by atoms with E-state index in [0.717, 1.165) is 19.3 Å². The number of ether oxygens (including phenoxy) is 2. The Kier molecular flexibility index (Phi) is 4.95. The first-order valence-electron chi connectivity index (χ1n) is 10.6. The molecule has 162 valence electrons. The summed E-state index contributed by atoms with van der Waals surface area (Å²) in [7, 11) is 1.43. The molecule has 9 heteroatoms. The number of aryl methyl sites for hydroxylation is 1. The van der Waals surface area contributed by atoms with Crippen LogP contribution in [0.1, 0.15) is 26.2 Å². The molecule has 1 aliphatic carbocycles. The second-order valence-electron chi connectivity index (χ2n) is 7.97. The second-order valence-corrected chi connectivity index (χ2v) is 7.97. The molecule has 8 nitrogen and oxygen atoms in total. The van der Waals surface area contributed by atoms with Crippen molar-refractivity contribution < 1.29 is 18.7 Å². The molecule has 0 N–H and O–H groups in total. The minimum absolute atomic E-state index is 0.130. The molecule has 3 aromatic rings. The smallest absolute Gasteiger partial charge is 0.245 e. The minimum atomic E-state index is -0.455. The van der Waals surface area contributed by atoms with Crippen LogP contribution in [0.15, 0.2) is 24.5 Å². The topological polar surface area (TPSA) is 82.4 Å². The number of methoxy groups -OCH3 is 1. The van der Waals surface area contributed by atoms with Gasteiger partial charge in [0.2, 0.25) is 11.8 Å². The Morgan fingerprint density at radius 1 is 1.26 bits per heavy atom. The summed E-state index contributed by atoms with van der Waals surface area (Å²) >= 11 is 0. The molecule has 1 amide bonds. The van der Waals surface area contributed by atoms with Gasteiger partial charge in [0.25, 0.3) is 0 Å². The van der Waals surface area contributed by atoms with E-state index in [2.05, 4.69) is 9.97 Å². The number of benzene rings is 1. The highest BCUT2D eigenvalue weighted by molar-refractivity contribution is 5.82. The third-order valence-electron chi connectivity index (χ3n) is 5.89. The maximum absolute atomic E-state index is 14.3. The Morgan fingerprint density at radius 3 is 2.81 bits per heavy atom. The molecule has 2 aromatic heterocycles. The van der Waals surface area contributed by atoms with E-state index in [1.165, 1.54) is 19.5 Å². The molecule has 3 heterocycles. The summed E-state index contributed by atoms with van der Waals surface area (Å²) in [6, 6.07) is 4.75. The van der Waals surface area contributed by atoms with E-state index < -0.39 is 5.82 Å². The van der Waals surface area contributed by atoms with E-state index in [0.29, 0.717) is 48.1 Å². The highest BCUT2D eigenvalue weighted by Crippen LogP contribution is 2.34. The molecule has 0 radical (unpaired) electrons.